The molecule has 0 radical (unpaired) electrons. The van der Waals surface area contributed by atoms with Gasteiger partial charge in [0.25, 0.3) is 0 Å². The maximum absolute atomic E-state index is 5.69. The molecule has 0 aliphatic carbocycles. The number of nitrogens with two attached hydrogens (primary N) is 1. The molecule has 0 fully saturated rings. The van der Waals surface area contributed by atoms with Gasteiger partial charge in [-0.15, -0.1) is 0 Å². The Hall–Kier alpha value is -1.81. The van der Waals surface area contributed by atoms with Crippen LogP contribution in [0, 0.1) is 0 Å². The van der Waals surface area contributed by atoms with Crippen molar-refractivity contribution in [2.75, 3.05) is 7.11 Å². The topological polar surface area (TPSA) is 61.3 Å². The average molecular weight is 260 g/mol. The SMILES string of the molecule is COc1ccc(-c2oncc2CN)cc1C(C)(C)C. The van der Waals surface area contributed by atoms with Crippen LogP contribution in [-0.4, -0.2) is 12.3 Å². The highest BCUT2D eigenvalue weighted by Crippen LogP contribution is 2.35. The molecule has 1 aromatic heterocycles. The number of ether oxygens (including phenoxy) is 1. The molecular weight excluding hydrogens is 240 g/mol. The second-order valence-corrected chi connectivity index (χ2v) is 5.55. The Balaban J connectivity index is 2.55. The van der Waals surface area contributed by atoms with Gasteiger partial charge in [-0.3, -0.25) is 0 Å². The van der Waals surface area contributed by atoms with Gasteiger partial charge in [-0.05, 0) is 23.6 Å². The molecule has 0 atom stereocenters. The predicted octanol–water partition coefficient (Wildman–Crippen LogP) is 3.11. The second kappa shape index (κ2) is 5.05. The van der Waals surface area contributed by atoms with E-state index in [2.05, 4.69) is 32.0 Å². The molecule has 0 bridgehead atoms. The zero-order valence-electron chi connectivity index (χ0n) is 11.9. The lowest BCUT2D eigenvalue weighted by Gasteiger charge is -2.22. The molecule has 0 amide bonds. The summed E-state index contributed by atoms with van der Waals surface area (Å²) in [5.74, 6) is 1.61. The minimum Gasteiger partial charge on any atom is -0.496 e. The lowest BCUT2D eigenvalue weighted by Crippen LogP contribution is -2.13. The van der Waals surface area contributed by atoms with Crippen LogP contribution in [0.2, 0.25) is 0 Å². The highest BCUT2D eigenvalue weighted by atomic mass is 16.5. The van der Waals surface area contributed by atoms with Gasteiger partial charge in [0, 0.05) is 23.2 Å². The minimum absolute atomic E-state index is 0.00967. The van der Waals surface area contributed by atoms with Gasteiger partial charge >= 0.3 is 0 Å². The van der Waals surface area contributed by atoms with Crippen LogP contribution in [0.25, 0.3) is 11.3 Å². The van der Waals surface area contributed by atoms with Gasteiger partial charge in [-0.1, -0.05) is 25.9 Å². The number of aromatic nitrogens is 1. The third-order valence-electron chi connectivity index (χ3n) is 3.13. The van der Waals surface area contributed by atoms with Crippen LogP contribution in [0.1, 0.15) is 31.9 Å². The number of methoxy groups -OCH3 is 1. The van der Waals surface area contributed by atoms with E-state index in [4.69, 9.17) is 15.0 Å². The lowest BCUT2D eigenvalue weighted by molar-refractivity contribution is 0.397. The Morgan fingerprint density at radius 1 is 1.32 bits per heavy atom. The molecule has 2 rings (SSSR count). The van der Waals surface area contributed by atoms with Crippen LogP contribution < -0.4 is 10.5 Å². The Bertz CT molecular complexity index is 568. The summed E-state index contributed by atoms with van der Waals surface area (Å²) in [6.45, 7) is 6.87. The van der Waals surface area contributed by atoms with Gasteiger partial charge in [0.1, 0.15) is 5.75 Å². The third-order valence-corrected chi connectivity index (χ3v) is 3.13. The number of hydrogen-bond donors (Lipinski definition) is 1. The molecule has 1 heterocycles. The first kappa shape index (κ1) is 13.6. The number of rotatable bonds is 3. The molecule has 0 spiro atoms. The fourth-order valence-electron chi connectivity index (χ4n) is 2.08. The molecule has 1 aromatic carbocycles. The first-order valence-electron chi connectivity index (χ1n) is 6.30. The van der Waals surface area contributed by atoms with E-state index in [-0.39, 0.29) is 5.41 Å². The summed E-state index contributed by atoms with van der Waals surface area (Å²) in [5.41, 5.74) is 8.69. The van der Waals surface area contributed by atoms with Gasteiger partial charge in [-0.2, -0.15) is 0 Å². The quantitative estimate of drug-likeness (QED) is 0.921. The molecule has 19 heavy (non-hydrogen) atoms. The van der Waals surface area contributed by atoms with E-state index in [0.29, 0.717) is 6.54 Å². The Morgan fingerprint density at radius 3 is 2.63 bits per heavy atom. The number of nitrogens with zero attached hydrogens (tertiary/aromatic N) is 1. The van der Waals surface area contributed by atoms with Crippen molar-refractivity contribution >= 4 is 0 Å². The average Bonchev–Trinajstić information content (AvgIpc) is 2.85. The molecule has 0 saturated heterocycles. The van der Waals surface area contributed by atoms with Crippen LogP contribution in [0.4, 0.5) is 0 Å². The molecule has 2 aromatic rings. The van der Waals surface area contributed by atoms with Crippen LogP contribution in [0.5, 0.6) is 5.75 Å². The highest BCUT2D eigenvalue weighted by molar-refractivity contribution is 5.64. The van der Waals surface area contributed by atoms with Gasteiger partial charge in [-0.25, -0.2) is 0 Å². The zero-order chi connectivity index (χ0) is 14.0. The van der Waals surface area contributed by atoms with E-state index in [1.807, 2.05) is 12.1 Å². The molecule has 0 aliphatic rings. The summed E-state index contributed by atoms with van der Waals surface area (Å²) >= 11 is 0. The third kappa shape index (κ3) is 2.63. The van der Waals surface area contributed by atoms with Crippen LogP contribution in [-0.2, 0) is 12.0 Å². The van der Waals surface area contributed by atoms with Crippen molar-refractivity contribution in [2.24, 2.45) is 5.73 Å². The monoisotopic (exact) mass is 260 g/mol. The molecule has 4 heteroatoms. The van der Waals surface area contributed by atoms with E-state index >= 15 is 0 Å². The Morgan fingerprint density at radius 2 is 2.05 bits per heavy atom. The highest BCUT2D eigenvalue weighted by Gasteiger charge is 2.21. The maximum Gasteiger partial charge on any atom is 0.171 e. The van der Waals surface area contributed by atoms with Crippen LogP contribution >= 0.6 is 0 Å². The summed E-state index contributed by atoms with van der Waals surface area (Å²) in [4.78, 5) is 0. The largest absolute Gasteiger partial charge is 0.496 e. The lowest BCUT2D eigenvalue weighted by atomic mass is 9.85. The summed E-state index contributed by atoms with van der Waals surface area (Å²) in [7, 11) is 1.68. The zero-order valence-corrected chi connectivity index (χ0v) is 11.9. The van der Waals surface area contributed by atoms with E-state index in [9.17, 15) is 0 Å². The predicted molar refractivity (Wildman–Crippen MR) is 75.1 cm³/mol. The van der Waals surface area contributed by atoms with Crippen LogP contribution in [0.3, 0.4) is 0 Å². The normalized spacial score (nSPS) is 11.6. The molecule has 102 valence electrons. The van der Waals surface area contributed by atoms with Crippen molar-refractivity contribution in [1.82, 2.24) is 5.16 Å². The van der Waals surface area contributed by atoms with E-state index in [1.54, 1.807) is 13.3 Å². The van der Waals surface area contributed by atoms with Crippen molar-refractivity contribution in [1.29, 1.82) is 0 Å². The first-order valence-corrected chi connectivity index (χ1v) is 6.30. The standard InChI is InChI=1S/C15H20N2O2/c1-15(2,3)12-7-10(5-6-13(12)18-4)14-11(8-16)9-17-19-14/h5-7,9H,8,16H2,1-4H3. The summed E-state index contributed by atoms with van der Waals surface area (Å²) in [6, 6.07) is 6.00. The fraction of sp³-hybridized carbons (Fsp3) is 0.400. The van der Waals surface area contributed by atoms with Gasteiger partial charge in [0.15, 0.2) is 5.76 Å². The van der Waals surface area contributed by atoms with Gasteiger partial charge in [0.05, 0.1) is 13.3 Å². The maximum atomic E-state index is 5.69. The van der Waals surface area contributed by atoms with Gasteiger partial charge < -0.3 is 15.0 Å². The minimum atomic E-state index is -0.00967. The molecule has 2 N–H and O–H groups in total. The smallest absolute Gasteiger partial charge is 0.171 e. The molecular formula is C15H20N2O2. The number of hydrogen-bond acceptors (Lipinski definition) is 4. The van der Waals surface area contributed by atoms with Crippen molar-refractivity contribution in [3.8, 4) is 17.1 Å². The van der Waals surface area contributed by atoms with E-state index in [0.717, 1.165) is 28.2 Å². The summed E-state index contributed by atoms with van der Waals surface area (Å²) in [5, 5.41) is 3.82. The first-order chi connectivity index (χ1) is 8.97. The van der Waals surface area contributed by atoms with Crippen molar-refractivity contribution in [2.45, 2.75) is 32.7 Å². The molecule has 0 unspecified atom stereocenters. The second-order valence-electron chi connectivity index (χ2n) is 5.55. The van der Waals surface area contributed by atoms with Gasteiger partial charge in [0.2, 0.25) is 0 Å². The fourth-order valence-corrected chi connectivity index (χ4v) is 2.08. The van der Waals surface area contributed by atoms with E-state index < -0.39 is 0 Å². The van der Waals surface area contributed by atoms with Crippen LogP contribution in [0.15, 0.2) is 28.9 Å². The Labute approximate surface area is 113 Å². The molecule has 0 aliphatic heterocycles. The summed E-state index contributed by atoms with van der Waals surface area (Å²) < 4.78 is 10.7. The molecule has 0 saturated carbocycles. The van der Waals surface area contributed by atoms with Crippen molar-refractivity contribution in [3.05, 3.63) is 35.5 Å². The number of benzene rings is 1. The molecule has 4 nitrogen and oxygen atoms in total. The Kier molecular flexibility index (Phi) is 3.62. The van der Waals surface area contributed by atoms with Crippen molar-refractivity contribution in [3.63, 3.8) is 0 Å². The van der Waals surface area contributed by atoms with Crippen molar-refractivity contribution < 1.29 is 9.26 Å². The summed E-state index contributed by atoms with van der Waals surface area (Å²) in [6.07, 6.45) is 1.66. The van der Waals surface area contributed by atoms with E-state index in [1.165, 1.54) is 0 Å².